The minimum Gasteiger partial charge on any atom is -0.467 e. The van der Waals surface area contributed by atoms with Gasteiger partial charge in [0.2, 0.25) is 5.90 Å². The molecule has 96 valence electrons. The molecule has 1 heterocycles. The van der Waals surface area contributed by atoms with Gasteiger partial charge in [0.1, 0.15) is 6.10 Å². The maximum Gasteiger partial charge on any atom is 0.217 e. The van der Waals surface area contributed by atoms with Crippen molar-refractivity contribution in [3.05, 3.63) is 48.0 Å². The molecule has 0 aromatic heterocycles. The van der Waals surface area contributed by atoms with Crippen molar-refractivity contribution < 1.29 is 4.74 Å². The van der Waals surface area contributed by atoms with Gasteiger partial charge in [0.15, 0.2) is 0 Å². The van der Waals surface area contributed by atoms with Crippen LogP contribution in [-0.4, -0.2) is 18.0 Å². The van der Waals surface area contributed by atoms with Crippen LogP contribution in [0.5, 0.6) is 0 Å². The molecule has 0 spiro atoms. The van der Waals surface area contributed by atoms with Crippen LogP contribution in [-0.2, 0) is 4.74 Å². The predicted octanol–water partition coefficient (Wildman–Crippen LogP) is 3.82. The zero-order valence-electron chi connectivity index (χ0n) is 11.4. The maximum absolute atomic E-state index is 5.97. The standard InChI is InChI=1S/C16H21NO/c1-11(2)10-14-15(12(3)4)18-16(17-14)13-8-6-5-7-9-13/h5-9,11,14-15H,3,10H2,1-2,4H3/t14-,15-/m0/s1. The second-order valence-corrected chi connectivity index (χ2v) is 5.38. The second kappa shape index (κ2) is 5.38. The van der Waals surface area contributed by atoms with Gasteiger partial charge in [-0.3, -0.25) is 0 Å². The number of aliphatic imine (C=N–C) groups is 1. The molecule has 0 saturated heterocycles. The van der Waals surface area contributed by atoms with E-state index in [0.29, 0.717) is 5.92 Å². The quantitative estimate of drug-likeness (QED) is 0.737. The van der Waals surface area contributed by atoms with Crippen molar-refractivity contribution >= 4 is 5.90 Å². The van der Waals surface area contributed by atoms with E-state index >= 15 is 0 Å². The van der Waals surface area contributed by atoms with Crippen LogP contribution in [0.1, 0.15) is 32.8 Å². The molecule has 0 amide bonds. The highest BCUT2D eigenvalue weighted by Gasteiger charge is 2.32. The van der Waals surface area contributed by atoms with E-state index in [0.717, 1.165) is 23.5 Å². The van der Waals surface area contributed by atoms with Crippen LogP contribution in [0.25, 0.3) is 0 Å². The second-order valence-electron chi connectivity index (χ2n) is 5.38. The molecule has 0 unspecified atom stereocenters. The normalized spacial score (nSPS) is 22.8. The largest absolute Gasteiger partial charge is 0.467 e. The van der Waals surface area contributed by atoms with E-state index in [2.05, 4.69) is 20.4 Å². The first-order chi connectivity index (χ1) is 8.58. The molecule has 0 fully saturated rings. The highest BCUT2D eigenvalue weighted by molar-refractivity contribution is 5.95. The molecule has 0 radical (unpaired) electrons. The summed E-state index contributed by atoms with van der Waals surface area (Å²) in [4.78, 5) is 4.73. The molecule has 0 N–H and O–H groups in total. The zero-order chi connectivity index (χ0) is 13.1. The summed E-state index contributed by atoms with van der Waals surface area (Å²) in [6.07, 6.45) is 1.07. The first kappa shape index (κ1) is 12.9. The van der Waals surface area contributed by atoms with Gasteiger partial charge in [0.05, 0.1) is 6.04 Å². The fourth-order valence-corrected chi connectivity index (χ4v) is 2.26. The molecule has 2 atom stereocenters. The lowest BCUT2D eigenvalue weighted by Gasteiger charge is -2.18. The van der Waals surface area contributed by atoms with E-state index in [4.69, 9.17) is 9.73 Å². The summed E-state index contributed by atoms with van der Waals surface area (Å²) in [5.74, 6) is 1.37. The van der Waals surface area contributed by atoms with Crippen molar-refractivity contribution in [3.63, 3.8) is 0 Å². The average molecular weight is 243 g/mol. The van der Waals surface area contributed by atoms with Crippen LogP contribution >= 0.6 is 0 Å². The van der Waals surface area contributed by atoms with Gasteiger partial charge in [-0.2, -0.15) is 0 Å². The van der Waals surface area contributed by atoms with Gasteiger partial charge in [-0.05, 0) is 37.0 Å². The first-order valence-corrected chi connectivity index (χ1v) is 6.53. The topological polar surface area (TPSA) is 21.6 Å². The molecule has 2 rings (SSSR count). The molecule has 18 heavy (non-hydrogen) atoms. The summed E-state index contributed by atoms with van der Waals surface area (Å²) in [7, 11) is 0. The van der Waals surface area contributed by atoms with Gasteiger partial charge < -0.3 is 4.74 Å². The third kappa shape index (κ3) is 2.81. The zero-order valence-corrected chi connectivity index (χ0v) is 11.4. The summed E-state index contributed by atoms with van der Waals surface area (Å²) in [6.45, 7) is 10.5. The highest BCUT2D eigenvalue weighted by Crippen LogP contribution is 2.27. The van der Waals surface area contributed by atoms with Crippen molar-refractivity contribution in [2.75, 3.05) is 0 Å². The molecule has 2 heteroatoms. The van der Waals surface area contributed by atoms with Gasteiger partial charge in [0.25, 0.3) is 0 Å². The predicted molar refractivity (Wildman–Crippen MR) is 75.9 cm³/mol. The van der Waals surface area contributed by atoms with Crippen molar-refractivity contribution in [2.45, 2.75) is 39.3 Å². The third-order valence-corrected chi connectivity index (χ3v) is 3.09. The summed E-state index contributed by atoms with van der Waals surface area (Å²) >= 11 is 0. The monoisotopic (exact) mass is 243 g/mol. The Morgan fingerprint density at radius 1 is 1.33 bits per heavy atom. The Morgan fingerprint density at radius 2 is 2.00 bits per heavy atom. The number of nitrogens with zero attached hydrogens (tertiary/aromatic N) is 1. The molecule has 1 aliphatic rings. The van der Waals surface area contributed by atoms with Crippen molar-refractivity contribution in [2.24, 2.45) is 10.9 Å². The smallest absolute Gasteiger partial charge is 0.217 e. The van der Waals surface area contributed by atoms with E-state index in [1.54, 1.807) is 0 Å². The molecule has 1 aromatic rings. The molecule has 0 bridgehead atoms. The first-order valence-electron chi connectivity index (χ1n) is 6.53. The Kier molecular flexibility index (Phi) is 3.85. The maximum atomic E-state index is 5.97. The van der Waals surface area contributed by atoms with Crippen molar-refractivity contribution in [1.82, 2.24) is 0 Å². The van der Waals surface area contributed by atoms with Crippen LogP contribution in [0.15, 0.2) is 47.5 Å². The van der Waals surface area contributed by atoms with Gasteiger partial charge in [0, 0.05) is 5.56 Å². The Hall–Kier alpha value is -1.57. The SMILES string of the molecule is C=C(C)[C@@H]1OC(c2ccccc2)=N[C@H]1CC(C)C. The number of hydrogen-bond donors (Lipinski definition) is 0. The molecule has 1 aliphatic heterocycles. The Labute approximate surface area is 109 Å². The van der Waals surface area contributed by atoms with Crippen LogP contribution in [0, 0.1) is 5.92 Å². The van der Waals surface area contributed by atoms with E-state index in [1.807, 2.05) is 37.3 Å². The van der Waals surface area contributed by atoms with E-state index in [9.17, 15) is 0 Å². The number of benzene rings is 1. The van der Waals surface area contributed by atoms with Crippen LogP contribution < -0.4 is 0 Å². The summed E-state index contributed by atoms with van der Waals surface area (Å²) in [5, 5.41) is 0. The molecule has 0 saturated carbocycles. The summed E-state index contributed by atoms with van der Waals surface area (Å²) in [6, 6.07) is 10.3. The molecule has 1 aromatic carbocycles. The van der Waals surface area contributed by atoms with Crippen LogP contribution in [0.3, 0.4) is 0 Å². The lowest BCUT2D eigenvalue weighted by molar-refractivity contribution is 0.217. The van der Waals surface area contributed by atoms with Crippen molar-refractivity contribution in [1.29, 1.82) is 0 Å². The minimum atomic E-state index is 0.0302. The summed E-state index contributed by atoms with van der Waals surface area (Å²) in [5.41, 5.74) is 2.10. The highest BCUT2D eigenvalue weighted by atomic mass is 16.5. The summed E-state index contributed by atoms with van der Waals surface area (Å²) < 4.78 is 5.97. The Balaban J connectivity index is 2.21. The van der Waals surface area contributed by atoms with Gasteiger partial charge >= 0.3 is 0 Å². The Morgan fingerprint density at radius 3 is 2.56 bits per heavy atom. The molecular formula is C16H21NO. The lowest BCUT2D eigenvalue weighted by atomic mass is 9.97. The number of rotatable bonds is 4. The number of hydrogen-bond acceptors (Lipinski definition) is 2. The minimum absolute atomic E-state index is 0.0302. The molecule has 2 nitrogen and oxygen atoms in total. The fraction of sp³-hybridized carbons (Fsp3) is 0.438. The van der Waals surface area contributed by atoms with E-state index < -0.39 is 0 Å². The van der Waals surface area contributed by atoms with Gasteiger partial charge in [-0.1, -0.05) is 38.6 Å². The molecular weight excluding hydrogens is 222 g/mol. The molecule has 0 aliphatic carbocycles. The van der Waals surface area contributed by atoms with E-state index in [-0.39, 0.29) is 12.1 Å². The van der Waals surface area contributed by atoms with Crippen LogP contribution in [0.2, 0.25) is 0 Å². The lowest BCUT2D eigenvalue weighted by Crippen LogP contribution is -2.24. The van der Waals surface area contributed by atoms with Gasteiger partial charge in [-0.15, -0.1) is 0 Å². The van der Waals surface area contributed by atoms with E-state index in [1.165, 1.54) is 0 Å². The Bertz CT molecular complexity index is 447. The van der Waals surface area contributed by atoms with Crippen molar-refractivity contribution in [3.8, 4) is 0 Å². The van der Waals surface area contributed by atoms with Crippen LogP contribution in [0.4, 0.5) is 0 Å². The third-order valence-electron chi connectivity index (χ3n) is 3.09. The fourth-order valence-electron chi connectivity index (χ4n) is 2.26. The van der Waals surface area contributed by atoms with Gasteiger partial charge in [-0.25, -0.2) is 4.99 Å². The number of ether oxygens (including phenoxy) is 1. The average Bonchev–Trinajstić information content (AvgIpc) is 2.73.